The van der Waals surface area contributed by atoms with Gasteiger partial charge in [0.1, 0.15) is 32.4 Å². The molecule has 7 N–H and O–H groups in total. The molecule has 0 amide bonds. The summed E-state index contributed by atoms with van der Waals surface area (Å²) in [5, 5.41) is 12.8. The van der Waals surface area contributed by atoms with Gasteiger partial charge in [0.2, 0.25) is 0 Å². The molecule has 0 spiro atoms. The summed E-state index contributed by atoms with van der Waals surface area (Å²) in [5.41, 5.74) is -0.415. The molecule has 0 atom stereocenters. The van der Waals surface area contributed by atoms with Crippen LogP contribution in [-0.4, -0.2) is 92.5 Å². The Bertz CT molecular complexity index is 4160. The van der Waals surface area contributed by atoms with Crippen molar-refractivity contribution in [3.8, 4) is 45.6 Å². The molecule has 3 aromatic heterocycles. The van der Waals surface area contributed by atoms with Crippen molar-refractivity contribution in [2.45, 2.75) is 31.4 Å². The van der Waals surface area contributed by atoms with Gasteiger partial charge in [-0.25, -0.2) is 43.6 Å². The van der Waals surface area contributed by atoms with Crippen LogP contribution in [0, 0.1) is 6.92 Å². The van der Waals surface area contributed by atoms with Gasteiger partial charge in [-0.05, 0) is 55.0 Å². The van der Waals surface area contributed by atoms with Gasteiger partial charge in [-0.3, -0.25) is 18.4 Å². The molecule has 0 saturated heterocycles. The third kappa shape index (κ3) is 8.06. The van der Waals surface area contributed by atoms with E-state index in [9.17, 15) is 47.3 Å². The first-order valence-corrected chi connectivity index (χ1v) is 25.3. The topological polar surface area (TPSA) is 357 Å². The Labute approximate surface area is 397 Å². The van der Waals surface area contributed by atoms with Crippen LogP contribution in [0.2, 0.25) is 0 Å². The Balaban J connectivity index is 0.00000578. The van der Waals surface area contributed by atoms with Crippen LogP contribution in [0.5, 0.6) is 0 Å². The number of H-pyrrole nitrogens is 2. The fraction of sp³-hybridized carbons (Fsp3) is 0.0256. The van der Waals surface area contributed by atoms with Gasteiger partial charge in [-0.15, -0.1) is 4.33 Å². The third-order valence-electron chi connectivity index (χ3n) is 10.5. The van der Waals surface area contributed by atoms with E-state index in [4.69, 9.17) is 24.5 Å². The predicted molar refractivity (Wildman–Crippen MR) is 238 cm³/mol. The van der Waals surface area contributed by atoms with Crippen molar-refractivity contribution in [3.63, 3.8) is 0 Å². The molecule has 0 saturated carbocycles. The Morgan fingerprint density at radius 3 is 1.59 bits per heavy atom. The van der Waals surface area contributed by atoms with Gasteiger partial charge in [0.25, 0.3) is 40.4 Å². The fourth-order valence-corrected chi connectivity index (χ4v) is 11.8. The summed E-state index contributed by atoms with van der Waals surface area (Å²) in [4.78, 5) is 32.3. The number of aryl methyl sites for hydroxylation is 1. The standard InChI is InChI=1S/C39H25N9O14S5.Cu/c1-17-16-18(14-15-24(17)65(52,53)54)48-64(50,51)25-11-3-7-20-29(25)37-42-32-19-6-2-10-23(63-62-61-49)28(19)36(40-32)41-34-21-8-4-12-26(66(55,56)57)30(21)39(45-34)47-35-22-9-5-13-27(67(58,59)60)31(22)38(46-35)44-33(20)43-37;/h2-16,48-49H,1H3,(H,52,53,54)(H,55,56,57)(H,58,59,60)(H2,40,41,42,43,44,45,46,47);. The molecule has 0 fully saturated rings. The maximum atomic E-state index is 14.4. The van der Waals surface area contributed by atoms with E-state index in [-0.39, 0.29) is 123 Å². The predicted octanol–water partition coefficient (Wildman–Crippen LogP) is 6.14. The van der Waals surface area contributed by atoms with E-state index < -0.39 is 60.0 Å². The molecule has 8 bridgehead atoms. The van der Waals surface area contributed by atoms with E-state index >= 15 is 0 Å². The molecule has 2 aliphatic rings. The molecule has 1 radical (unpaired) electrons. The molecule has 5 aromatic carbocycles. The zero-order valence-electron chi connectivity index (χ0n) is 33.6. The van der Waals surface area contributed by atoms with Crippen LogP contribution in [0.4, 0.5) is 5.69 Å². The zero-order valence-corrected chi connectivity index (χ0v) is 38.6. The number of benzene rings is 5. The number of rotatable bonds is 9. The quantitative estimate of drug-likeness (QED) is 0.0280. The van der Waals surface area contributed by atoms with E-state index in [2.05, 4.69) is 34.7 Å². The number of hydrogen-bond acceptors (Lipinski definition) is 18. The normalized spacial score (nSPS) is 12.7. The van der Waals surface area contributed by atoms with Crippen molar-refractivity contribution in [1.29, 1.82) is 0 Å². The maximum Gasteiger partial charge on any atom is 0.295 e. The fourth-order valence-electron chi connectivity index (χ4n) is 7.85. The summed E-state index contributed by atoms with van der Waals surface area (Å²) in [7, 11) is -19.2. The van der Waals surface area contributed by atoms with E-state index in [1.54, 1.807) is 18.2 Å². The number of aromatic nitrogens is 8. The zero-order chi connectivity index (χ0) is 47.4. The maximum absolute atomic E-state index is 14.4. The van der Waals surface area contributed by atoms with Crippen molar-refractivity contribution in [3.05, 3.63) is 96.6 Å². The van der Waals surface area contributed by atoms with E-state index in [0.717, 1.165) is 24.3 Å². The van der Waals surface area contributed by atoms with Gasteiger partial charge in [0, 0.05) is 61.0 Å². The number of aromatic amines is 2. The molecular weight excluding hydrogens is 1040 g/mol. The number of sulfonamides is 1. The van der Waals surface area contributed by atoms with Gasteiger partial charge >= 0.3 is 0 Å². The number of hydrogen-bond donors (Lipinski definition) is 7. The van der Waals surface area contributed by atoms with Crippen LogP contribution < -0.4 is 4.72 Å². The second-order valence-corrected chi connectivity index (χ2v) is 21.1. The minimum absolute atomic E-state index is 0. The van der Waals surface area contributed by atoms with Crippen LogP contribution in [-0.2, 0) is 66.8 Å². The average Bonchev–Trinajstić information content (AvgIpc) is 4.00. The largest absolute Gasteiger partial charge is 0.324 e. The summed E-state index contributed by atoms with van der Waals surface area (Å²) >= 11 is 0.558. The second-order valence-electron chi connectivity index (χ2n) is 14.6. The molecule has 351 valence electrons. The van der Waals surface area contributed by atoms with Crippen LogP contribution >= 0.6 is 12.0 Å². The number of nitrogens with one attached hydrogen (secondary N) is 3. The minimum atomic E-state index is -5.01. The van der Waals surface area contributed by atoms with E-state index in [1.165, 1.54) is 55.5 Å². The summed E-state index contributed by atoms with van der Waals surface area (Å²) in [6.45, 7) is 1.35. The van der Waals surface area contributed by atoms with Crippen LogP contribution in [0.25, 0.3) is 89.7 Å². The van der Waals surface area contributed by atoms with Crippen molar-refractivity contribution in [2.24, 2.45) is 0 Å². The van der Waals surface area contributed by atoms with Gasteiger partial charge in [-0.2, -0.15) is 25.3 Å². The van der Waals surface area contributed by atoms with Crippen LogP contribution in [0.1, 0.15) is 5.56 Å². The van der Waals surface area contributed by atoms with Crippen molar-refractivity contribution in [1.82, 2.24) is 39.9 Å². The van der Waals surface area contributed by atoms with Crippen LogP contribution in [0.15, 0.2) is 115 Å². The SMILES string of the molecule is Cc1cc(NS(=O)(=O)c2cccc3c4nc5nc(nc6[nH]c(nc7nc(nc([nH]4)c23)-c2cccc(SOOO)c2-7)c2cccc(S(=O)(=O)O)c62)-c2cccc(S(=O)(=O)O)c2-5)ccc1S(=O)(=O)O.[Cu]. The van der Waals surface area contributed by atoms with Crippen molar-refractivity contribution >= 4 is 102 Å². The summed E-state index contributed by atoms with van der Waals surface area (Å²) in [5.74, 6) is -0.804. The Kier molecular flexibility index (Phi) is 11.5. The third-order valence-corrected chi connectivity index (χ3v) is 15.4. The molecule has 23 nitrogen and oxygen atoms in total. The first-order chi connectivity index (χ1) is 31.7. The average molecular weight is 1070 g/mol. The van der Waals surface area contributed by atoms with Crippen LogP contribution in [0.3, 0.4) is 0 Å². The first kappa shape index (κ1) is 46.8. The number of anilines is 1. The Morgan fingerprint density at radius 1 is 0.544 bits per heavy atom. The van der Waals surface area contributed by atoms with E-state index in [1.807, 2.05) is 0 Å². The number of fused-ring (bicyclic) bond motifs is 20. The second kappa shape index (κ2) is 16.7. The molecule has 0 aliphatic carbocycles. The summed E-state index contributed by atoms with van der Waals surface area (Å²) in [6.07, 6.45) is 0. The van der Waals surface area contributed by atoms with E-state index in [0.29, 0.717) is 12.0 Å². The molecule has 10 rings (SSSR count). The summed E-state index contributed by atoms with van der Waals surface area (Å²) in [6, 6.07) is 19.9. The van der Waals surface area contributed by atoms with Crippen molar-refractivity contribution in [2.75, 3.05) is 4.72 Å². The Morgan fingerprint density at radius 2 is 1.03 bits per heavy atom. The smallest absolute Gasteiger partial charge is 0.295 e. The molecule has 2 aliphatic heterocycles. The monoisotopic (exact) mass is 1070 g/mol. The first-order valence-electron chi connectivity index (χ1n) is 18.8. The van der Waals surface area contributed by atoms with Gasteiger partial charge in [0.15, 0.2) is 23.3 Å². The molecular formula is C39H25CuN9O14S5. The molecule has 29 heteroatoms. The van der Waals surface area contributed by atoms with Gasteiger partial charge in [-0.1, -0.05) is 53.6 Å². The molecule has 0 unspecified atom stereocenters. The molecule has 8 aromatic rings. The summed E-state index contributed by atoms with van der Waals surface area (Å²) < 4.78 is 142. The van der Waals surface area contributed by atoms with Gasteiger partial charge < -0.3 is 9.97 Å². The Hall–Kier alpha value is -6.31. The van der Waals surface area contributed by atoms with Gasteiger partial charge in [0.05, 0.1) is 32.3 Å². The minimum Gasteiger partial charge on any atom is -0.324 e. The van der Waals surface area contributed by atoms with Crippen molar-refractivity contribution < 1.29 is 79.0 Å². The number of nitrogens with zero attached hydrogens (tertiary/aromatic N) is 6. The molecule has 68 heavy (non-hydrogen) atoms. The molecule has 5 heterocycles.